The van der Waals surface area contributed by atoms with Crippen molar-refractivity contribution in [3.05, 3.63) is 18.1 Å². The second kappa shape index (κ2) is 4.57. The lowest BCUT2D eigenvalue weighted by Gasteiger charge is -2.21. The van der Waals surface area contributed by atoms with Crippen LogP contribution in [0.4, 0.5) is 5.82 Å². The first-order chi connectivity index (χ1) is 7.33. The van der Waals surface area contributed by atoms with Gasteiger partial charge in [-0.3, -0.25) is 4.98 Å². The lowest BCUT2D eigenvalue weighted by molar-refractivity contribution is 0.726. The smallest absolute Gasteiger partial charge is 0.147 e. The first-order valence-electron chi connectivity index (χ1n) is 5.59. The average molecular weight is 206 g/mol. The fourth-order valence-corrected chi connectivity index (χ4v) is 1.64. The van der Waals surface area contributed by atoms with E-state index in [0.29, 0.717) is 6.54 Å². The molecule has 0 bridgehead atoms. The molecule has 0 atom stereocenters. The van der Waals surface area contributed by atoms with Gasteiger partial charge in [0.2, 0.25) is 0 Å². The largest absolute Gasteiger partial charge is 0.355 e. The van der Waals surface area contributed by atoms with Crippen molar-refractivity contribution in [2.75, 3.05) is 18.0 Å². The van der Waals surface area contributed by atoms with Gasteiger partial charge in [0.05, 0.1) is 11.9 Å². The molecule has 2 N–H and O–H groups in total. The van der Waals surface area contributed by atoms with Gasteiger partial charge in [-0.2, -0.15) is 0 Å². The molecule has 0 aliphatic heterocycles. The molecule has 1 fully saturated rings. The van der Waals surface area contributed by atoms with Crippen molar-refractivity contribution in [1.29, 1.82) is 0 Å². The van der Waals surface area contributed by atoms with Gasteiger partial charge < -0.3 is 10.6 Å². The molecule has 1 aliphatic carbocycles. The molecule has 4 heteroatoms. The van der Waals surface area contributed by atoms with Crippen LogP contribution >= 0.6 is 0 Å². The normalized spacial score (nSPS) is 15.3. The van der Waals surface area contributed by atoms with E-state index in [9.17, 15) is 0 Å². The Labute approximate surface area is 90.5 Å². The monoisotopic (exact) mass is 206 g/mol. The molecule has 0 amide bonds. The predicted octanol–water partition coefficient (Wildman–Crippen LogP) is 1.17. The molecule has 82 valence electrons. The highest BCUT2D eigenvalue weighted by Gasteiger charge is 2.24. The zero-order valence-corrected chi connectivity index (χ0v) is 9.19. The number of nitrogens with two attached hydrogens (primary N) is 1. The van der Waals surface area contributed by atoms with E-state index in [4.69, 9.17) is 5.73 Å². The van der Waals surface area contributed by atoms with Crippen LogP contribution in [0.15, 0.2) is 12.4 Å². The molecular weight excluding hydrogens is 188 g/mol. The zero-order valence-electron chi connectivity index (χ0n) is 9.19. The molecule has 0 saturated heterocycles. The van der Waals surface area contributed by atoms with Gasteiger partial charge in [0.1, 0.15) is 5.82 Å². The van der Waals surface area contributed by atoms with E-state index in [1.807, 2.05) is 6.20 Å². The van der Waals surface area contributed by atoms with Gasteiger partial charge in [-0.15, -0.1) is 0 Å². The number of nitrogens with zero attached hydrogens (tertiary/aromatic N) is 3. The van der Waals surface area contributed by atoms with Crippen molar-refractivity contribution in [2.24, 2.45) is 11.7 Å². The number of aromatic nitrogens is 2. The third-order valence-corrected chi connectivity index (χ3v) is 2.76. The maximum Gasteiger partial charge on any atom is 0.147 e. The first kappa shape index (κ1) is 10.4. The molecule has 2 rings (SSSR count). The van der Waals surface area contributed by atoms with Crippen molar-refractivity contribution in [2.45, 2.75) is 26.3 Å². The Bertz CT molecular complexity index is 322. The summed E-state index contributed by atoms with van der Waals surface area (Å²) in [6.45, 7) is 4.71. The number of rotatable bonds is 5. The lowest BCUT2D eigenvalue weighted by Crippen LogP contribution is -2.26. The summed E-state index contributed by atoms with van der Waals surface area (Å²) in [6, 6.07) is 0. The Morgan fingerprint density at radius 2 is 2.27 bits per heavy atom. The minimum absolute atomic E-state index is 0.460. The minimum Gasteiger partial charge on any atom is -0.355 e. The number of hydrogen-bond acceptors (Lipinski definition) is 4. The summed E-state index contributed by atoms with van der Waals surface area (Å²) in [5.41, 5.74) is 6.42. The quantitative estimate of drug-likeness (QED) is 0.785. The molecular formula is C11H18N4. The van der Waals surface area contributed by atoms with E-state index in [1.165, 1.54) is 12.8 Å². The summed E-state index contributed by atoms with van der Waals surface area (Å²) in [5.74, 6) is 1.83. The van der Waals surface area contributed by atoms with Crippen molar-refractivity contribution in [1.82, 2.24) is 9.97 Å². The maximum atomic E-state index is 5.55. The summed E-state index contributed by atoms with van der Waals surface area (Å²) in [6.07, 6.45) is 6.28. The second-order valence-electron chi connectivity index (χ2n) is 4.05. The minimum atomic E-state index is 0.460. The van der Waals surface area contributed by atoms with Crippen molar-refractivity contribution in [3.63, 3.8) is 0 Å². The van der Waals surface area contributed by atoms with Gasteiger partial charge in [-0.1, -0.05) is 0 Å². The van der Waals surface area contributed by atoms with Gasteiger partial charge in [0, 0.05) is 25.8 Å². The van der Waals surface area contributed by atoms with E-state index < -0.39 is 0 Å². The summed E-state index contributed by atoms with van der Waals surface area (Å²) < 4.78 is 0. The summed E-state index contributed by atoms with van der Waals surface area (Å²) >= 11 is 0. The number of hydrogen-bond donors (Lipinski definition) is 1. The first-order valence-corrected chi connectivity index (χ1v) is 5.59. The van der Waals surface area contributed by atoms with E-state index >= 15 is 0 Å². The van der Waals surface area contributed by atoms with Crippen LogP contribution in [0, 0.1) is 5.92 Å². The predicted molar refractivity (Wildman–Crippen MR) is 60.5 cm³/mol. The van der Waals surface area contributed by atoms with Crippen LogP contribution in [0.2, 0.25) is 0 Å². The summed E-state index contributed by atoms with van der Waals surface area (Å²) in [4.78, 5) is 10.9. The van der Waals surface area contributed by atoms with E-state index in [1.54, 1.807) is 6.20 Å². The van der Waals surface area contributed by atoms with E-state index in [2.05, 4.69) is 21.8 Å². The second-order valence-corrected chi connectivity index (χ2v) is 4.05. The molecule has 1 saturated carbocycles. The molecule has 1 aromatic rings. The SMILES string of the molecule is CCN(CC1CC1)c1cncc(CN)n1. The Morgan fingerprint density at radius 1 is 1.47 bits per heavy atom. The van der Waals surface area contributed by atoms with Crippen molar-refractivity contribution >= 4 is 5.82 Å². The van der Waals surface area contributed by atoms with E-state index in [0.717, 1.165) is 30.5 Å². The van der Waals surface area contributed by atoms with Gasteiger partial charge >= 0.3 is 0 Å². The molecule has 1 aromatic heterocycles. The van der Waals surface area contributed by atoms with Gasteiger partial charge in [0.25, 0.3) is 0 Å². The van der Waals surface area contributed by atoms with Crippen molar-refractivity contribution < 1.29 is 0 Å². The van der Waals surface area contributed by atoms with E-state index in [-0.39, 0.29) is 0 Å². The fraction of sp³-hybridized carbons (Fsp3) is 0.636. The standard InChI is InChI=1S/C11H18N4/c1-2-15(8-9-3-4-9)11-7-13-6-10(5-12)14-11/h6-7,9H,2-5,8,12H2,1H3. The molecule has 0 spiro atoms. The lowest BCUT2D eigenvalue weighted by atomic mass is 10.3. The molecule has 0 radical (unpaired) electrons. The Kier molecular flexibility index (Phi) is 3.16. The number of anilines is 1. The van der Waals surface area contributed by atoms with Gasteiger partial charge in [-0.05, 0) is 25.7 Å². The highest BCUT2D eigenvalue weighted by atomic mass is 15.2. The van der Waals surface area contributed by atoms with Crippen LogP contribution in [0.25, 0.3) is 0 Å². The van der Waals surface area contributed by atoms with Gasteiger partial charge in [0.15, 0.2) is 0 Å². The summed E-state index contributed by atoms with van der Waals surface area (Å²) in [5, 5.41) is 0. The van der Waals surface area contributed by atoms with Crippen LogP contribution < -0.4 is 10.6 Å². The maximum absolute atomic E-state index is 5.55. The summed E-state index contributed by atoms with van der Waals surface area (Å²) in [7, 11) is 0. The third kappa shape index (κ3) is 2.65. The van der Waals surface area contributed by atoms with Crippen LogP contribution in [0.1, 0.15) is 25.5 Å². The van der Waals surface area contributed by atoms with Gasteiger partial charge in [-0.25, -0.2) is 4.98 Å². The molecule has 4 nitrogen and oxygen atoms in total. The van der Waals surface area contributed by atoms with Crippen molar-refractivity contribution in [3.8, 4) is 0 Å². The molecule has 1 aliphatic rings. The molecule has 0 aromatic carbocycles. The molecule has 1 heterocycles. The highest BCUT2D eigenvalue weighted by molar-refractivity contribution is 5.36. The molecule has 0 unspecified atom stereocenters. The van der Waals surface area contributed by atoms with Crippen LogP contribution in [0.3, 0.4) is 0 Å². The Hall–Kier alpha value is -1.16. The zero-order chi connectivity index (χ0) is 10.7. The Balaban J connectivity index is 2.09. The highest BCUT2D eigenvalue weighted by Crippen LogP contribution is 2.30. The molecule has 15 heavy (non-hydrogen) atoms. The van der Waals surface area contributed by atoms with Crippen LogP contribution in [-0.2, 0) is 6.54 Å². The van der Waals surface area contributed by atoms with Crippen LogP contribution in [-0.4, -0.2) is 23.1 Å². The topological polar surface area (TPSA) is 55.0 Å². The third-order valence-electron chi connectivity index (χ3n) is 2.76. The fourth-order valence-electron chi connectivity index (χ4n) is 1.64. The average Bonchev–Trinajstić information content (AvgIpc) is 3.10. The van der Waals surface area contributed by atoms with Crippen LogP contribution in [0.5, 0.6) is 0 Å². The Morgan fingerprint density at radius 3 is 2.87 bits per heavy atom.